The summed E-state index contributed by atoms with van der Waals surface area (Å²) in [4.78, 5) is 17.6. The Labute approximate surface area is 107 Å². The molecule has 0 aliphatic heterocycles. The van der Waals surface area contributed by atoms with Crippen molar-refractivity contribution in [2.75, 3.05) is 25.0 Å². The van der Waals surface area contributed by atoms with Crippen LogP contribution in [0.5, 0.6) is 0 Å². The number of amides is 1. The van der Waals surface area contributed by atoms with Gasteiger partial charge in [-0.3, -0.25) is 9.78 Å². The van der Waals surface area contributed by atoms with Crippen LogP contribution >= 0.6 is 0 Å². The SMILES string of the molecule is CCNC(=O)c1cc(N(C)CC(C)C#N)ccn1. The summed E-state index contributed by atoms with van der Waals surface area (Å²) in [5.41, 5.74) is 1.28. The van der Waals surface area contributed by atoms with Crippen LogP contribution in [-0.4, -0.2) is 31.0 Å². The molecule has 18 heavy (non-hydrogen) atoms. The second-order valence-electron chi connectivity index (χ2n) is 4.17. The summed E-state index contributed by atoms with van der Waals surface area (Å²) in [7, 11) is 1.89. The molecule has 0 saturated heterocycles. The number of rotatable bonds is 5. The number of aromatic nitrogens is 1. The van der Waals surface area contributed by atoms with Crippen LogP contribution in [0.4, 0.5) is 5.69 Å². The van der Waals surface area contributed by atoms with Crippen molar-refractivity contribution in [1.82, 2.24) is 10.3 Å². The molecule has 5 heteroatoms. The molecule has 1 aromatic rings. The Balaban J connectivity index is 2.82. The molecule has 96 valence electrons. The van der Waals surface area contributed by atoms with Gasteiger partial charge < -0.3 is 10.2 Å². The molecule has 0 aliphatic carbocycles. The van der Waals surface area contributed by atoms with Crippen LogP contribution in [0, 0.1) is 17.2 Å². The number of nitrogens with zero attached hydrogens (tertiary/aromatic N) is 3. The first kappa shape index (κ1) is 14.0. The average Bonchev–Trinajstić information content (AvgIpc) is 2.39. The lowest BCUT2D eigenvalue weighted by Gasteiger charge is -2.20. The molecule has 1 unspecified atom stereocenters. The Hall–Kier alpha value is -2.09. The molecule has 0 aliphatic rings. The summed E-state index contributed by atoms with van der Waals surface area (Å²) in [6, 6.07) is 5.74. The van der Waals surface area contributed by atoms with Gasteiger partial charge in [0.05, 0.1) is 12.0 Å². The van der Waals surface area contributed by atoms with Crippen molar-refractivity contribution < 1.29 is 4.79 Å². The number of carbonyl (C=O) groups excluding carboxylic acids is 1. The fraction of sp³-hybridized carbons (Fsp3) is 0.462. The molecule has 5 nitrogen and oxygen atoms in total. The van der Waals surface area contributed by atoms with E-state index in [1.807, 2.05) is 31.9 Å². The Bertz CT molecular complexity index is 453. The highest BCUT2D eigenvalue weighted by Crippen LogP contribution is 2.14. The van der Waals surface area contributed by atoms with E-state index in [0.29, 0.717) is 18.8 Å². The zero-order chi connectivity index (χ0) is 13.5. The highest BCUT2D eigenvalue weighted by atomic mass is 16.1. The second kappa shape index (κ2) is 6.60. The van der Waals surface area contributed by atoms with E-state index in [4.69, 9.17) is 5.26 Å². The molecule has 1 atom stereocenters. The lowest BCUT2D eigenvalue weighted by atomic mass is 10.2. The third-order valence-corrected chi connectivity index (χ3v) is 2.52. The van der Waals surface area contributed by atoms with E-state index in [2.05, 4.69) is 16.4 Å². The topological polar surface area (TPSA) is 69.0 Å². The Morgan fingerprint density at radius 2 is 2.39 bits per heavy atom. The van der Waals surface area contributed by atoms with Crippen LogP contribution < -0.4 is 10.2 Å². The first-order chi connectivity index (χ1) is 8.58. The second-order valence-corrected chi connectivity index (χ2v) is 4.17. The van der Waals surface area contributed by atoms with Crippen LogP contribution in [0.15, 0.2) is 18.3 Å². The number of anilines is 1. The number of nitriles is 1. The first-order valence-corrected chi connectivity index (χ1v) is 5.93. The smallest absolute Gasteiger partial charge is 0.269 e. The van der Waals surface area contributed by atoms with E-state index >= 15 is 0 Å². The van der Waals surface area contributed by atoms with Gasteiger partial charge in [-0.15, -0.1) is 0 Å². The molecular formula is C13H18N4O. The molecule has 0 saturated carbocycles. The maximum absolute atomic E-state index is 11.7. The van der Waals surface area contributed by atoms with E-state index in [1.54, 1.807) is 12.3 Å². The van der Waals surface area contributed by atoms with Gasteiger partial charge in [-0.05, 0) is 26.0 Å². The summed E-state index contributed by atoms with van der Waals surface area (Å²) in [5, 5.41) is 11.5. The van der Waals surface area contributed by atoms with Gasteiger partial charge in [-0.1, -0.05) is 0 Å². The van der Waals surface area contributed by atoms with E-state index in [9.17, 15) is 4.79 Å². The number of carbonyl (C=O) groups is 1. The molecule has 0 fully saturated rings. The van der Waals surface area contributed by atoms with Gasteiger partial charge in [-0.25, -0.2) is 0 Å². The highest BCUT2D eigenvalue weighted by Gasteiger charge is 2.10. The largest absolute Gasteiger partial charge is 0.373 e. The summed E-state index contributed by atoms with van der Waals surface area (Å²) >= 11 is 0. The Kier molecular flexibility index (Phi) is 5.12. The summed E-state index contributed by atoms with van der Waals surface area (Å²) < 4.78 is 0. The van der Waals surface area contributed by atoms with Gasteiger partial charge >= 0.3 is 0 Å². The lowest BCUT2D eigenvalue weighted by molar-refractivity contribution is 0.0951. The monoisotopic (exact) mass is 246 g/mol. The summed E-state index contributed by atoms with van der Waals surface area (Å²) in [6.07, 6.45) is 1.60. The molecule has 1 amide bonds. The quantitative estimate of drug-likeness (QED) is 0.853. The van der Waals surface area contributed by atoms with Crippen LogP contribution in [0.3, 0.4) is 0 Å². The van der Waals surface area contributed by atoms with Crippen LogP contribution in [-0.2, 0) is 0 Å². The zero-order valence-electron chi connectivity index (χ0n) is 11.0. The van der Waals surface area contributed by atoms with Crippen molar-refractivity contribution in [2.24, 2.45) is 5.92 Å². The predicted molar refractivity (Wildman–Crippen MR) is 70.3 cm³/mol. The van der Waals surface area contributed by atoms with E-state index in [-0.39, 0.29) is 11.8 Å². The van der Waals surface area contributed by atoms with Gasteiger partial charge in [0, 0.05) is 32.0 Å². The average molecular weight is 246 g/mol. The molecule has 1 N–H and O–H groups in total. The van der Waals surface area contributed by atoms with Crippen molar-refractivity contribution in [1.29, 1.82) is 5.26 Å². The number of pyridine rings is 1. The normalized spacial score (nSPS) is 11.4. The fourth-order valence-corrected chi connectivity index (χ4v) is 1.59. The van der Waals surface area contributed by atoms with Gasteiger partial charge in [0.15, 0.2) is 0 Å². The molecule has 1 rings (SSSR count). The summed E-state index contributed by atoms with van der Waals surface area (Å²) in [6.45, 7) is 4.92. The van der Waals surface area contributed by atoms with Crippen LogP contribution in [0.25, 0.3) is 0 Å². The Morgan fingerprint density at radius 1 is 1.67 bits per heavy atom. The minimum Gasteiger partial charge on any atom is -0.373 e. The lowest BCUT2D eigenvalue weighted by Crippen LogP contribution is -2.26. The van der Waals surface area contributed by atoms with E-state index in [0.717, 1.165) is 5.69 Å². The van der Waals surface area contributed by atoms with Crippen molar-refractivity contribution in [3.8, 4) is 6.07 Å². The van der Waals surface area contributed by atoms with Gasteiger partial charge in [0.2, 0.25) is 0 Å². The number of nitrogens with one attached hydrogen (secondary N) is 1. The molecule has 0 radical (unpaired) electrons. The molecule has 1 aromatic heterocycles. The standard InChI is InChI=1S/C13H18N4O/c1-4-15-13(18)12-7-11(5-6-16-12)17(3)9-10(2)8-14/h5-7,10H,4,9H2,1-3H3,(H,15,18). The molecule has 0 aromatic carbocycles. The minimum atomic E-state index is -0.180. The minimum absolute atomic E-state index is 0.0592. The first-order valence-electron chi connectivity index (χ1n) is 5.93. The van der Waals surface area contributed by atoms with Gasteiger partial charge in [0.1, 0.15) is 5.69 Å². The van der Waals surface area contributed by atoms with Gasteiger partial charge in [0.25, 0.3) is 5.91 Å². The van der Waals surface area contributed by atoms with E-state index in [1.165, 1.54) is 0 Å². The van der Waals surface area contributed by atoms with Crippen LogP contribution in [0.2, 0.25) is 0 Å². The predicted octanol–water partition coefficient (Wildman–Crippen LogP) is 1.43. The fourth-order valence-electron chi connectivity index (χ4n) is 1.59. The van der Waals surface area contributed by atoms with E-state index < -0.39 is 0 Å². The maximum Gasteiger partial charge on any atom is 0.269 e. The van der Waals surface area contributed by atoms with Crippen molar-refractivity contribution in [3.63, 3.8) is 0 Å². The maximum atomic E-state index is 11.7. The molecule has 1 heterocycles. The van der Waals surface area contributed by atoms with Crippen molar-refractivity contribution >= 4 is 11.6 Å². The summed E-state index contributed by atoms with van der Waals surface area (Å²) in [5.74, 6) is -0.239. The molecular weight excluding hydrogens is 228 g/mol. The molecule has 0 spiro atoms. The van der Waals surface area contributed by atoms with Crippen molar-refractivity contribution in [3.05, 3.63) is 24.0 Å². The van der Waals surface area contributed by atoms with Crippen LogP contribution in [0.1, 0.15) is 24.3 Å². The highest BCUT2D eigenvalue weighted by molar-refractivity contribution is 5.93. The Morgan fingerprint density at radius 3 is 3.00 bits per heavy atom. The van der Waals surface area contributed by atoms with Crippen molar-refractivity contribution in [2.45, 2.75) is 13.8 Å². The number of hydrogen-bond acceptors (Lipinski definition) is 4. The van der Waals surface area contributed by atoms with Gasteiger partial charge in [-0.2, -0.15) is 5.26 Å². The number of hydrogen-bond donors (Lipinski definition) is 1. The third kappa shape index (κ3) is 3.74. The molecule has 0 bridgehead atoms. The third-order valence-electron chi connectivity index (χ3n) is 2.52. The zero-order valence-corrected chi connectivity index (χ0v) is 11.0.